The van der Waals surface area contributed by atoms with Crippen LogP contribution in [0.15, 0.2) is 24.3 Å². The molecule has 1 fully saturated rings. The van der Waals surface area contributed by atoms with Crippen molar-refractivity contribution >= 4 is 5.97 Å². The van der Waals surface area contributed by atoms with E-state index in [0.717, 1.165) is 44.9 Å². The van der Waals surface area contributed by atoms with Crippen molar-refractivity contribution in [3.05, 3.63) is 24.3 Å². The Bertz CT molecular complexity index is 443. The van der Waals surface area contributed by atoms with E-state index in [-0.39, 0.29) is 23.9 Å². The molecule has 2 N–H and O–H groups in total. The third-order valence-electron chi connectivity index (χ3n) is 5.16. The molecule has 1 heterocycles. The van der Waals surface area contributed by atoms with Crippen LogP contribution in [0, 0.1) is 11.8 Å². The summed E-state index contributed by atoms with van der Waals surface area (Å²) in [5.41, 5.74) is 0. The second-order valence-electron chi connectivity index (χ2n) is 7.12. The van der Waals surface area contributed by atoms with Gasteiger partial charge >= 0.3 is 5.97 Å². The summed E-state index contributed by atoms with van der Waals surface area (Å²) in [5.74, 6) is -0.145. The van der Waals surface area contributed by atoms with E-state index in [1.807, 2.05) is 12.2 Å². The van der Waals surface area contributed by atoms with Crippen molar-refractivity contribution in [2.45, 2.75) is 83.0 Å². The summed E-state index contributed by atoms with van der Waals surface area (Å²) >= 11 is 0. The molecule has 5 atom stereocenters. The van der Waals surface area contributed by atoms with Crippen molar-refractivity contribution in [2.75, 3.05) is 0 Å². The highest BCUT2D eigenvalue weighted by Crippen LogP contribution is 2.38. The van der Waals surface area contributed by atoms with Gasteiger partial charge in [-0.3, -0.25) is 4.79 Å². The number of carbonyl (C=O) groups is 1. The Morgan fingerprint density at radius 2 is 2.21 bits per heavy atom. The third-order valence-corrected chi connectivity index (χ3v) is 5.16. The number of hydrogen-bond acceptors (Lipinski definition) is 4. The van der Waals surface area contributed by atoms with Crippen LogP contribution >= 0.6 is 0 Å². The number of hydrogen-bond donors (Lipinski definition) is 2. The Labute approximate surface area is 145 Å². The van der Waals surface area contributed by atoms with Crippen LogP contribution in [0.5, 0.6) is 0 Å². The van der Waals surface area contributed by atoms with Gasteiger partial charge in [0.2, 0.25) is 0 Å². The fraction of sp³-hybridized carbons (Fsp3) is 0.750. The molecule has 0 aromatic heterocycles. The van der Waals surface area contributed by atoms with E-state index < -0.39 is 12.2 Å². The Balaban J connectivity index is 2.04. The second-order valence-corrected chi connectivity index (χ2v) is 7.12. The molecule has 0 radical (unpaired) electrons. The number of allylic oxidation sites excluding steroid dienone is 2. The molecule has 0 aromatic carbocycles. The molecule has 2 aliphatic rings. The van der Waals surface area contributed by atoms with Crippen LogP contribution in [0.1, 0.15) is 64.7 Å². The minimum Gasteiger partial charge on any atom is -0.462 e. The van der Waals surface area contributed by atoms with Crippen LogP contribution in [0.4, 0.5) is 0 Å². The fourth-order valence-corrected chi connectivity index (χ4v) is 3.73. The van der Waals surface area contributed by atoms with Crippen molar-refractivity contribution in [3.8, 4) is 0 Å². The van der Waals surface area contributed by atoms with Gasteiger partial charge in [-0.25, -0.2) is 0 Å². The van der Waals surface area contributed by atoms with Crippen molar-refractivity contribution in [2.24, 2.45) is 11.8 Å². The van der Waals surface area contributed by atoms with E-state index >= 15 is 0 Å². The van der Waals surface area contributed by atoms with Crippen molar-refractivity contribution in [1.29, 1.82) is 0 Å². The standard InChI is InChI=1S/C20H32O4/c1-2-3-6-9-15(21)12-13-17-16-10-7-4-5-8-11-20(23)24-19(17)14-18(16)22/h4,7,12-13,15-19,21-22H,2-3,5-6,8-11,14H2,1H3. The molecular weight excluding hydrogens is 304 g/mol. The topological polar surface area (TPSA) is 66.8 Å². The van der Waals surface area contributed by atoms with Gasteiger partial charge in [0.1, 0.15) is 6.10 Å². The van der Waals surface area contributed by atoms with Gasteiger partial charge in [0.05, 0.1) is 12.2 Å². The summed E-state index contributed by atoms with van der Waals surface area (Å²) in [5, 5.41) is 20.5. The molecule has 2 rings (SSSR count). The van der Waals surface area contributed by atoms with E-state index in [9.17, 15) is 15.0 Å². The maximum Gasteiger partial charge on any atom is 0.306 e. The maximum absolute atomic E-state index is 12.0. The molecule has 0 spiro atoms. The lowest BCUT2D eigenvalue weighted by molar-refractivity contribution is -0.150. The number of aliphatic hydroxyl groups excluding tert-OH is 2. The summed E-state index contributed by atoms with van der Waals surface area (Å²) in [6.07, 6.45) is 14.2. The summed E-state index contributed by atoms with van der Waals surface area (Å²) in [4.78, 5) is 12.0. The van der Waals surface area contributed by atoms with E-state index in [0.29, 0.717) is 12.8 Å². The predicted octanol–water partition coefficient (Wildman–Crippen LogP) is 3.52. The largest absolute Gasteiger partial charge is 0.462 e. The number of aliphatic hydroxyl groups is 2. The van der Waals surface area contributed by atoms with Crippen LogP contribution in [-0.2, 0) is 9.53 Å². The minimum atomic E-state index is -0.461. The van der Waals surface area contributed by atoms with Crippen LogP contribution < -0.4 is 0 Å². The normalized spacial score (nSPS) is 32.5. The molecule has 4 nitrogen and oxygen atoms in total. The molecule has 0 amide bonds. The molecule has 1 saturated carbocycles. The van der Waals surface area contributed by atoms with Gasteiger partial charge in [0.25, 0.3) is 0 Å². The molecule has 136 valence electrons. The quantitative estimate of drug-likeness (QED) is 0.442. The first-order valence-corrected chi connectivity index (χ1v) is 9.50. The number of fused-ring (bicyclic) bond motifs is 2. The Morgan fingerprint density at radius 3 is 3.00 bits per heavy atom. The van der Waals surface area contributed by atoms with Crippen LogP contribution in [0.25, 0.3) is 0 Å². The highest BCUT2D eigenvalue weighted by molar-refractivity contribution is 5.69. The van der Waals surface area contributed by atoms with Gasteiger partial charge < -0.3 is 14.9 Å². The Morgan fingerprint density at radius 1 is 1.38 bits per heavy atom. The van der Waals surface area contributed by atoms with E-state index in [2.05, 4.69) is 19.1 Å². The zero-order chi connectivity index (χ0) is 17.4. The molecule has 1 aliphatic carbocycles. The van der Waals surface area contributed by atoms with E-state index in [1.54, 1.807) is 0 Å². The summed E-state index contributed by atoms with van der Waals surface area (Å²) in [6.45, 7) is 2.14. The average Bonchev–Trinajstić information content (AvgIpc) is 2.81. The number of ether oxygens (including phenoxy) is 1. The molecule has 0 aromatic rings. The fourth-order valence-electron chi connectivity index (χ4n) is 3.73. The average molecular weight is 336 g/mol. The molecule has 1 aliphatic heterocycles. The van der Waals surface area contributed by atoms with Gasteiger partial charge in [-0.1, -0.05) is 50.5 Å². The van der Waals surface area contributed by atoms with Crippen LogP contribution in [0.3, 0.4) is 0 Å². The first-order valence-electron chi connectivity index (χ1n) is 9.50. The van der Waals surface area contributed by atoms with Gasteiger partial charge in [-0.2, -0.15) is 0 Å². The summed E-state index contributed by atoms with van der Waals surface area (Å²) in [6, 6.07) is 0. The van der Waals surface area contributed by atoms with Crippen LogP contribution in [-0.4, -0.2) is 34.5 Å². The van der Waals surface area contributed by atoms with E-state index in [1.165, 1.54) is 0 Å². The lowest BCUT2D eigenvalue weighted by Gasteiger charge is -2.22. The van der Waals surface area contributed by atoms with Crippen LogP contribution in [0.2, 0.25) is 0 Å². The monoisotopic (exact) mass is 336 g/mol. The SMILES string of the molecule is CCCCCC(O)C=CC1C2CC(O)C1CC=CCCCC(=O)O2. The lowest BCUT2D eigenvalue weighted by Crippen LogP contribution is -2.24. The van der Waals surface area contributed by atoms with Gasteiger partial charge in [-0.05, 0) is 31.6 Å². The molecule has 2 bridgehead atoms. The predicted molar refractivity (Wildman–Crippen MR) is 94.4 cm³/mol. The Kier molecular flexibility index (Phi) is 8.00. The van der Waals surface area contributed by atoms with Gasteiger partial charge in [0.15, 0.2) is 0 Å². The Hall–Kier alpha value is -1.13. The van der Waals surface area contributed by atoms with Crippen molar-refractivity contribution < 1.29 is 19.7 Å². The van der Waals surface area contributed by atoms with Gasteiger partial charge in [-0.15, -0.1) is 0 Å². The lowest BCUT2D eigenvalue weighted by atomic mass is 9.89. The number of esters is 1. The van der Waals surface area contributed by atoms with Crippen molar-refractivity contribution in [3.63, 3.8) is 0 Å². The first kappa shape index (κ1) is 19.2. The number of rotatable bonds is 6. The molecular formula is C20H32O4. The maximum atomic E-state index is 12.0. The molecule has 5 unspecified atom stereocenters. The first-order chi connectivity index (χ1) is 11.6. The molecule has 0 saturated heterocycles. The molecule has 24 heavy (non-hydrogen) atoms. The van der Waals surface area contributed by atoms with Gasteiger partial charge in [0, 0.05) is 18.8 Å². The zero-order valence-corrected chi connectivity index (χ0v) is 14.8. The zero-order valence-electron chi connectivity index (χ0n) is 14.8. The smallest absolute Gasteiger partial charge is 0.306 e. The third kappa shape index (κ3) is 5.75. The minimum absolute atomic E-state index is 0.0208. The van der Waals surface area contributed by atoms with Crippen molar-refractivity contribution in [1.82, 2.24) is 0 Å². The second kappa shape index (κ2) is 10.00. The molecule has 4 heteroatoms. The number of carbonyl (C=O) groups excluding carboxylic acids is 1. The highest BCUT2D eigenvalue weighted by atomic mass is 16.5. The number of unbranched alkanes of at least 4 members (excludes halogenated alkanes) is 2. The summed E-state index contributed by atoms with van der Waals surface area (Å²) < 4.78 is 5.63. The summed E-state index contributed by atoms with van der Waals surface area (Å²) in [7, 11) is 0. The van der Waals surface area contributed by atoms with E-state index in [4.69, 9.17) is 4.74 Å². The highest BCUT2D eigenvalue weighted by Gasteiger charge is 2.42.